The predicted molar refractivity (Wildman–Crippen MR) is 137 cm³/mol. The number of rotatable bonds is 7. The highest BCUT2D eigenvalue weighted by Gasteiger charge is 2.43. The quantitative estimate of drug-likeness (QED) is 0.357. The Morgan fingerprint density at radius 2 is 1.37 bits per heavy atom. The van der Waals surface area contributed by atoms with Crippen LogP contribution in [0.15, 0.2) is 60.7 Å². The molecule has 1 aliphatic heterocycles. The van der Waals surface area contributed by atoms with E-state index in [0.717, 1.165) is 10.5 Å². The van der Waals surface area contributed by atoms with Crippen LogP contribution in [0.2, 0.25) is 10.0 Å². The molecule has 6 nitrogen and oxygen atoms in total. The lowest BCUT2D eigenvalue weighted by atomic mass is 10.0. The molecule has 1 heterocycles. The summed E-state index contributed by atoms with van der Waals surface area (Å²) in [6.45, 7) is 5.84. The summed E-state index contributed by atoms with van der Waals surface area (Å²) in [6.07, 6.45) is 0.299. The van der Waals surface area contributed by atoms with Gasteiger partial charge in [0, 0.05) is 5.69 Å². The van der Waals surface area contributed by atoms with E-state index in [1.807, 2.05) is 45.0 Å². The van der Waals surface area contributed by atoms with Crippen LogP contribution in [0.4, 0.5) is 5.69 Å². The third-order valence-corrected chi connectivity index (χ3v) is 6.37. The molecule has 3 aromatic rings. The number of aryl methyl sites for hydroxylation is 1. The van der Waals surface area contributed by atoms with Gasteiger partial charge in [-0.05, 0) is 67.8 Å². The summed E-state index contributed by atoms with van der Waals surface area (Å²) in [7, 11) is 0. The molecule has 3 amide bonds. The number of halogens is 2. The number of nitrogens with zero attached hydrogens (tertiary/aromatic N) is 1. The minimum Gasteiger partial charge on any atom is -0.457 e. The molecular formula is C27H24Cl2N2O4. The smallest absolute Gasteiger partial charge is 0.262 e. The second-order valence-electron chi connectivity index (χ2n) is 8.87. The van der Waals surface area contributed by atoms with Crippen LogP contribution in [0.3, 0.4) is 0 Å². The first-order valence-corrected chi connectivity index (χ1v) is 11.9. The lowest BCUT2D eigenvalue weighted by molar-refractivity contribution is -0.120. The predicted octanol–water partition coefficient (Wildman–Crippen LogP) is 6.74. The maximum absolute atomic E-state index is 13.3. The number of anilines is 1. The maximum atomic E-state index is 13.3. The van der Waals surface area contributed by atoms with E-state index < -0.39 is 23.8 Å². The zero-order valence-electron chi connectivity index (χ0n) is 19.5. The molecule has 0 fully saturated rings. The van der Waals surface area contributed by atoms with Crippen molar-refractivity contribution in [2.24, 2.45) is 5.92 Å². The fraction of sp³-hybridized carbons (Fsp3) is 0.222. The molecular weight excluding hydrogens is 487 g/mol. The van der Waals surface area contributed by atoms with Gasteiger partial charge in [0.25, 0.3) is 11.8 Å². The number of benzene rings is 3. The first-order chi connectivity index (χ1) is 16.6. The van der Waals surface area contributed by atoms with E-state index in [4.69, 9.17) is 27.9 Å². The van der Waals surface area contributed by atoms with Gasteiger partial charge in [0.15, 0.2) is 0 Å². The highest BCUT2D eigenvalue weighted by Crippen LogP contribution is 2.34. The molecule has 180 valence electrons. The molecule has 0 spiro atoms. The highest BCUT2D eigenvalue weighted by atomic mass is 35.5. The fourth-order valence-corrected chi connectivity index (χ4v) is 4.21. The molecule has 1 N–H and O–H groups in total. The first kappa shape index (κ1) is 24.8. The van der Waals surface area contributed by atoms with Crippen molar-refractivity contribution in [2.75, 3.05) is 5.32 Å². The number of nitrogens with one attached hydrogen (secondary N) is 1. The van der Waals surface area contributed by atoms with Gasteiger partial charge in [0.05, 0.1) is 21.2 Å². The number of fused-ring (bicyclic) bond motifs is 1. The SMILES string of the molecule is Cc1ccc(Oc2ccc(NC(=O)C(CC(C)C)N3C(=O)c4cc(Cl)c(Cl)cc4C3=O)cc2)cc1. The van der Waals surface area contributed by atoms with Crippen LogP contribution in [-0.2, 0) is 4.79 Å². The Labute approximate surface area is 213 Å². The van der Waals surface area contributed by atoms with E-state index in [2.05, 4.69) is 5.32 Å². The van der Waals surface area contributed by atoms with Crippen molar-refractivity contribution < 1.29 is 19.1 Å². The van der Waals surface area contributed by atoms with E-state index >= 15 is 0 Å². The number of carbonyl (C=O) groups is 3. The zero-order chi connectivity index (χ0) is 25.3. The zero-order valence-corrected chi connectivity index (χ0v) is 21.0. The van der Waals surface area contributed by atoms with Crippen LogP contribution in [0.1, 0.15) is 46.5 Å². The van der Waals surface area contributed by atoms with E-state index in [1.165, 1.54) is 12.1 Å². The molecule has 3 aromatic carbocycles. The molecule has 1 aliphatic rings. The highest BCUT2D eigenvalue weighted by molar-refractivity contribution is 6.43. The van der Waals surface area contributed by atoms with Crippen LogP contribution in [0.5, 0.6) is 11.5 Å². The summed E-state index contributed by atoms with van der Waals surface area (Å²) in [5, 5.41) is 3.17. The molecule has 1 atom stereocenters. The molecule has 1 unspecified atom stereocenters. The summed E-state index contributed by atoms with van der Waals surface area (Å²) in [5.41, 5.74) is 1.94. The van der Waals surface area contributed by atoms with Crippen LogP contribution in [0.25, 0.3) is 0 Å². The van der Waals surface area contributed by atoms with Gasteiger partial charge in [0.2, 0.25) is 5.91 Å². The van der Waals surface area contributed by atoms with Crippen LogP contribution < -0.4 is 10.1 Å². The number of carbonyl (C=O) groups excluding carboxylic acids is 3. The molecule has 0 saturated heterocycles. The number of amides is 3. The summed E-state index contributed by atoms with van der Waals surface area (Å²) < 4.78 is 5.83. The van der Waals surface area contributed by atoms with Gasteiger partial charge in [-0.2, -0.15) is 0 Å². The van der Waals surface area contributed by atoms with Crippen molar-refractivity contribution in [3.8, 4) is 11.5 Å². The van der Waals surface area contributed by atoms with Crippen molar-refractivity contribution in [3.63, 3.8) is 0 Å². The van der Waals surface area contributed by atoms with Crippen molar-refractivity contribution in [1.29, 1.82) is 0 Å². The maximum Gasteiger partial charge on any atom is 0.262 e. The van der Waals surface area contributed by atoms with E-state index in [9.17, 15) is 14.4 Å². The van der Waals surface area contributed by atoms with Gasteiger partial charge >= 0.3 is 0 Å². The summed E-state index contributed by atoms with van der Waals surface area (Å²) in [4.78, 5) is 40.5. The van der Waals surface area contributed by atoms with E-state index in [-0.39, 0.29) is 27.1 Å². The van der Waals surface area contributed by atoms with Crippen LogP contribution in [0, 0.1) is 12.8 Å². The fourth-order valence-electron chi connectivity index (χ4n) is 3.89. The van der Waals surface area contributed by atoms with Gasteiger partial charge < -0.3 is 10.1 Å². The molecule has 0 radical (unpaired) electrons. The van der Waals surface area contributed by atoms with Crippen LogP contribution >= 0.6 is 23.2 Å². The Hall–Kier alpha value is -3.35. The topological polar surface area (TPSA) is 75.7 Å². The molecule has 8 heteroatoms. The molecule has 0 saturated carbocycles. The molecule has 0 aliphatic carbocycles. The Morgan fingerprint density at radius 3 is 1.86 bits per heavy atom. The van der Waals surface area contributed by atoms with Crippen molar-refractivity contribution in [3.05, 3.63) is 87.4 Å². The summed E-state index contributed by atoms with van der Waals surface area (Å²) >= 11 is 12.1. The summed E-state index contributed by atoms with van der Waals surface area (Å²) in [6, 6.07) is 16.3. The number of ether oxygens (including phenoxy) is 1. The van der Waals surface area contributed by atoms with E-state index in [1.54, 1.807) is 24.3 Å². The van der Waals surface area contributed by atoms with Gasteiger partial charge in [-0.1, -0.05) is 54.7 Å². The molecule has 0 aromatic heterocycles. The van der Waals surface area contributed by atoms with Gasteiger partial charge in [0.1, 0.15) is 17.5 Å². The number of hydrogen-bond donors (Lipinski definition) is 1. The summed E-state index contributed by atoms with van der Waals surface area (Å²) in [5.74, 6) is -0.225. The Balaban J connectivity index is 1.52. The lowest BCUT2D eigenvalue weighted by Gasteiger charge is -2.26. The average molecular weight is 511 g/mol. The lowest BCUT2D eigenvalue weighted by Crippen LogP contribution is -2.47. The van der Waals surface area contributed by atoms with Crippen molar-refractivity contribution in [2.45, 2.75) is 33.2 Å². The average Bonchev–Trinajstić information content (AvgIpc) is 3.04. The molecule has 4 rings (SSSR count). The standard InChI is InChI=1S/C27H24Cl2N2O4/c1-15(2)12-24(31-26(33)20-13-22(28)23(29)14-21(20)27(31)34)25(32)30-17-6-10-19(11-7-17)35-18-8-4-16(3)5-9-18/h4-11,13-15,24H,12H2,1-3H3,(H,30,32). The number of hydrogen-bond acceptors (Lipinski definition) is 4. The Morgan fingerprint density at radius 1 is 0.886 bits per heavy atom. The minimum atomic E-state index is -0.997. The van der Waals surface area contributed by atoms with Crippen molar-refractivity contribution in [1.82, 2.24) is 4.90 Å². The number of imide groups is 1. The second kappa shape index (κ2) is 10.1. The normalized spacial score (nSPS) is 13.7. The van der Waals surface area contributed by atoms with Gasteiger partial charge in [-0.15, -0.1) is 0 Å². The Kier molecular flexibility index (Phi) is 7.15. The van der Waals surface area contributed by atoms with E-state index in [0.29, 0.717) is 23.6 Å². The Bertz CT molecular complexity index is 1250. The molecule has 35 heavy (non-hydrogen) atoms. The van der Waals surface area contributed by atoms with Gasteiger partial charge in [-0.25, -0.2) is 0 Å². The molecule has 0 bridgehead atoms. The van der Waals surface area contributed by atoms with Crippen LogP contribution in [-0.4, -0.2) is 28.7 Å². The largest absolute Gasteiger partial charge is 0.457 e. The monoisotopic (exact) mass is 510 g/mol. The van der Waals surface area contributed by atoms with Gasteiger partial charge in [-0.3, -0.25) is 19.3 Å². The first-order valence-electron chi connectivity index (χ1n) is 11.2. The third kappa shape index (κ3) is 5.34. The second-order valence-corrected chi connectivity index (χ2v) is 9.68. The minimum absolute atomic E-state index is 0.0486. The third-order valence-electron chi connectivity index (χ3n) is 5.65. The van der Waals surface area contributed by atoms with Crippen molar-refractivity contribution >= 4 is 46.6 Å².